The number of rotatable bonds is 5. The number of carbonyl (C=O) groups is 2. The van der Waals surface area contributed by atoms with Gasteiger partial charge in [0.05, 0.1) is 36.8 Å². The maximum Gasteiger partial charge on any atom is 0.416 e. The zero-order valence-corrected chi connectivity index (χ0v) is 19.9. The molecule has 0 aromatic heterocycles. The molecule has 0 radical (unpaired) electrons. The summed E-state index contributed by atoms with van der Waals surface area (Å²) in [5.41, 5.74) is 0.152. The summed E-state index contributed by atoms with van der Waals surface area (Å²) in [7, 11) is 2.51. The van der Waals surface area contributed by atoms with Crippen LogP contribution in [0.1, 0.15) is 55.6 Å². The lowest BCUT2D eigenvalue weighted by molar-refractivity contribution is -0.138. The minimum absolute atomic E-state index is 0.144. The summed E-state index contributed by atoms with van der Waals surface area (Å²) in [6, 6.07) is 4.52. The van der Waals surface area contributed by atoms with Crippen molar-refractivity contribution in [2.24, 2.45) is 23.2 Å². The second-order valence-electron chi connectivity index (χ2n) is 10.8. The zero-order valence-electron chi connectivity index (χ0n) is 19.9. The number of nitrogens with zero attached hydrogens (tertiary/aromatic N) is 1. The van der Waals surface area contributed by atoms with E-state index in [0.29, 0.717) is 12.1 Å². The van der Waals surface area contributed by atoms with Crippen molar-refractivity contribution in [2.75, 3.05) is 20.8 Å². The van der Waals surface area contributed by atoms with Crippen molar-refractivity contribution in [1.82, 2.24) is 4.90 Å². The number of benzene rings is 1. The number of alkyl halides is 3. The van der Waals surface area contributed by atoms with Gasteiger partial charge in [-0.05, 0) is 79.4 Å². The van der Waals surface area contributed by atoms with Crippen molar-refractivity contribution in [3.8, 4) is 0 Å². The van der Waals surface area contributed by atoms with Crippen LogP contribution >= 0.6 is 0 Å². The quantitative estimate of drug-likeness (QED) is 0.516. The second kappa shape index (κ2) is 8.71. The SMILES string of the molecule is COC(=O)C1=CN(CC23CC4CC(CC(C4)C2)C3)C=C(C(=O)OC)C1c1ccc(C(F)(F)F)cc1. The molecular formula is C27H30F3NO4. The largest absolute Gasteiger partial charge is 0.466 e. The molecule has 0 spiro atoms. The Bertz CT molecular complexity index is 1000. The van der Waals surface area contributed by atoms with Gasteiger partial charge in [-0.1, -0.05) is 12.1 Å². The fraction of sp³-hybridized carbons (Fsp3) is 0.556. The summed E-state index contributed by atoms with van der Waals surface area (Å²) >= 11 is 0. The van der Waals surface area contributed by atoms with Crippen LogP contribution in [0.2, 0.25) is 0 Å². The van der Waals surface area contributed by atoms with Crippen molar-refractivity contribution >= 4 is 11.9 Å². The summed E-state index contributed by atoms with van der Waals surface area (Å²) in [5.74, 6) is 0.113. The average molecular weight is 490 g/mol. The molecule has 0 N–H and O–H groups in total. The number of halogens is 3. The third kappa shape index (κ3) is 4.47. The van der Waals surface area contributed by atoms with Gasteiger partial charge in [0.2, 0.25) is 0 Å². The number of carbonyl (C=O) groups excluding carboxylic acids is 2. The third-order valence-electron chi connectivity index (χ3n) is 8.33. The van der Waals surface area contributed by atoms with Gasteiger partial charge < -0.3 is 14.4 Å². The summed E-state index contributed by atoms with van der Waals surface area (Å²) < 4.78 is 49.4. The summed E-state index contributed by atoms with van der Waals surface area (Å²) in [6.45, 7) is 0.692. The van der Waals surface area contributed by atoms with Gasteiger partial charge in [0.1, 0.15) is 0 Å². The Labute approximate surface area is 202 Å². The number of esters is 2. The zero-order chi connectivity index (χ0) is 25.0. The monoisotopic (exact) mass is 489 g/mol. The first-order valence-corrected chi connectivity index (χ1v) is 12.1. The molecule has 0 saturated heterocycles. The van der Waals surface area contributed by atoms with Crippen LogP contribution < -0.4 is 0 Å². The molecule has 1 aromatic rings. The van der Waals surface area contributed by atoms with Gasteiger partial charge >= 0.3 is 18.1 Å². The average Bonchev–Trinajstić information content (AvgIpc) is 2.81. The molecule has 4 aliphatic carbocycles. The molecule has 4 fully saturated rings. The third-order valence-corrected chi connectivity index (χ3v) is 8.33. The molecule has 4 bridgehead atoms. The van der Waals surface area contributed by atoms with Gasteiger partial charge in [-0.3, -0.25) is 0 Å². The molecule has 4 saturated carbocycles. The topological polar surface area (TPSA) is 55.8 Å². The summed E-state index contributed by atoms with van der Waals surface area (Å²) in [5, 5.41) is 0. The van der Waals surface area contributed by atoms with Crippen LogP contribution in [0, 0.1) is 23.2 Å². The molecule has 35 heavy (non-hydrogen) atoms. The van der Waals surface area contributed by atoms with E-state index < -0.39 is 29.6 Å². The highest BCUT2D eigenvalue weighted by atomic mass is 19.4. The van der Waals surface area contributed by atoms with Crippen molar-refractivity contribution in [2.45, 2.75) is 50.6 Å². The normalized spacial score (nSPS) is 30.1. The van der Waals surface area contributed by atoms with Crippen molar-refractivity contribution in [1.29, 1.82) is 0 Å². The molecule has 1 aromatic carbocycles. The molecule has 0 amide bonds. The molecular weight excluding hydrogens is 459 g/mol. The summed E-state index contributed by atoms with van der Waals surface area (Å²) in [4.78, 5) is 27.6. The maximum atomic E-state index is 13.1. The summed E-state index contributed by atoms with van der Waals surface area (Å²) in [6.07, 6.45) is 6.31. The molecule has 5 aliphatic rings. The van der Waals surface area contributed by atoms with E-state index in [0.717, 1.165) is 49.1 Å². The van der Waals surface area contributed by atoms with Gasteiger partial charge in [-0.25, -0.2) is 9.59 Å². The number of hydrogen-bond donors (Lipinski definition) is 0. The Hall–Kier alpha value is -2.77. The van der Waals surface area contributed by atoms with E-state index in [2.05, 4.69) is 0 Å². The highest BCUT2D eigenvalue weighted by molar-refractivity contribution is 5.98. The number of ether oxygens (including phenoxy) is 2. The second-order valence-corrected chi connectivity index (χ2v) is 10.8. The van der Waals surface area contributed by atoms with E-state index in [1.807, 2.05) is 4.90 Å². The number of hydrogen-bond acceptors (Lipinski definition) is 5. The van der Waals surface area contributed by atoms with E-state index in [1.165, 1.54) is 45.6 Å². The van der Waals surface area contributed by atoms with Crippen LogP contribution in [0.4, 0.5) is 13.2 Å². The van der Waals surface area contributed by atoms with Gasteiger partial charge in [0.15, 0.2) is 0 Å². The minimum atomic E-state index is -4.48. The van der Waals surface area contributed by atoms with Crippen molar-refractivity contribution in [3.63, 3.8) is 0 Å². The smallest absolute Gasteiger partial charge is 0.416 e. The van der Waals surface area contributed by atoms with Crippen LogP contribution in [-0.4, -0.2) is 37.6 Å². The van der Waals surface area contributed by atoms with Crippen LogP contribution in [0.15, 0.2) is 47.8 Å². The highest BCUT2D eigenvalue weighted by Crippen LogP contribution is 2.60. The van der Waals surface area contributed by atoms with E-state index in [9.17, 15) is 22.8 Å². The fourth-order valence-corrected chi connectivity index (χ4v) is 7.47. The predicted molar refractivity (Wildman–Crippen MR) is 122 cm³/mol. The Morgan fingerprint density at radius 3 is 1.74 bits per heavy atom. The highest BCUT2D eigenvalue weighted by Gasteiger charge is 2.51. The molecule has 1 aliphatic heterocycles. The van der Waals surface area contributed by atoms with Gasteiger partial charge in [-0.2, -0.15) is 13.2 Å². The van der Waals surface area contributed by atoms with Gasteiger partial charge in [-0.15, -0.1) is 0 Å². The first-order valence-electron chi connectivity index (χ1n) is 12.1. The van der Waals surface area contributed by atoms with E-state index >= 15 is 0 Å². The van der Waals surface area contributed by atoms with E-state index in [4.69, 9.17) is 9.47 Å². The number of methoxy groups -OCH3 is 2. The lowest BCUT2D eigenvalue weighted by Gasteiger charge is -2.57. The lowest BCUT2D eigenvalue weighted by Crippen LogP contribution is -2.50. The molecule has 6 rings (SSSR count). The van der Waals surface area contributed by atoms with Crippen LogP contribution in [0.5, 0.6) is 0 Å². The van der Waals surface area contributed by atoms with Crippen molar-refractivity contribution < 1.29 is 32.2 Å². The maximum absolute atomic E-state index is 13.1. The van der Waals surface area contributed by atoms with E-state index in [1.54, 1.807) is 12.4 Å². The molecule has 8 heteroatoms. The Morgan fingerprint density at radius 2 is 1.34 bits per heavy atom. The van der Waals surface area contributed by atoms with Gasteiger partial charge in [0.25, 0.3) is 0 Å². The first kappa shape index (κ1) is 23.9. The standard InChI is InChI=1S/C27H30F3NO4/c1-34-24(32)21-13-31(15-26-10-16-7-17(11-26)9-18(8-16)12-26)14-22(25(33)35-2)23(21)19-3-5-20(6-4-19)27(28,29)30/h3-6,13-14,16-18,23H,7-12,15H2,1-2H3. The van der Waals surface area contributed by atoms with Crippen molar-refractivity contribution in [3.05, 3.63) is 58.9 Å². The molecule has 0 unspecified atom stereocenters. The van der Waals surface area contributed by atoms with Crippen LogP contribution in [-0.2, 0) is 25.2 Å². The first-order chi connectivity index (χ1) is 16.6. The van der Waals surface area contributed by atoms with Crippen LogP contribution in [0.3, 0.4) is 0 Å². The van der Waals surface area contributed by atoms with Crippen LogP contribution in [0.25, 0.3) is 0 Å². The fourth-order valence-electron chi connectivity index (χ4n) is 7.47. The predicted octanol–water partition coefficient (Wildman–Crippen LogP) is 5.43. The Morgan fingerprint density at radius 1 is 0.886 bits per heavy atom. The van der Waals surface area contributed by atoms with Gasteiger partial charge in [0, 0.05) is 18.9 Å². The Kier molecular flexibility index (Phi) is 5.96. The molecule has 0 atom stereocenters. The minimum Gasteiger partial charge on any atom is -0.466 e. The molecule has 1 heterocycles. The molecule has 5 nitrogen and oxygen atoms in total. The Balaban J connectivity index is 1.51. The molecule has 188 valence electrons. The lowest BCUT2D eigenvalue weighted by atomic mass is 9.49. The van der Waals surface area contributed by atoms with E-state index in [-0.39, 0.29) is 16.6 Å².